The van der Waals surface area contributed by atoms with Gasteiger partial charge in [0.25, 0.3) is 0 Å². The Balaban J connectivity index is 1.92. The number of nitrogens with one attached hydrogen (secondary N) is 2. The second-order valence-corrected chi connectivity index (χ2v) is 5.63. The highest BCUT2D eigenvalue weighted by Crippen LogP contribution is 2.29. The highest BCUT2D eigenvalue weighted by atomic mass is 16.6. The van der Waals surface area contributed by atoms with Gasteiger partial charge in [-0.25, -0.2) is 4.79 Å². The molecular formula is C15H19N3O6. The van der Waals surface area contributed by atoms with Gasteiger partial charge in [0.2, 0.25) is 0 Å². The number of carboxylic acids is 1. The largest absolute Gasteiger partial charge is 0.490 e. The monoisotopic (exact) mass is 337 g/mol. The first-order valence-corrected chi connectivity index (χ1v) is 7.53. The number of aliphatic carboxylic acids is 1. The van der Waals surface area contributed by atoms with Crippen LogP contribution in [0.5, 0.6) is 5.75 Å². The number of urea groups is 1. The van der Waals surface area contributed by atoms with E-state index in [1.165, 1.54) is 25.3 Å². The quantitative estimate of drug-likeness (QED) is 0.558. The van der Waals surface area contributed by atoms with Crippen molar-refractivity contribution in [2.45, 2.75) is 31.7 Å². The molecule has 24 heavy (non-hydrogen) atoms. The molecule has 1 aromatic carbocycles. The molecule has 2 amide bonds. The summed E-state index contributed by atoms with van der Waals surface area (Å²) in [6.07, 6.45) is 2.23. The van der Waals surface area contributed by atoms with Crippen LogP contribution in [-0.2, 0) is 4.79 Å². The number of amides is 2. The van der Waals surface area contributed by atoms with E-state index in [1.807, 2.05) is 0 Å². The third kappa shape index (κ3) is 4.34. The summed E-state index contributed by atoms with van der Waals surface area (Å²) < 4.78 is 4.90. The molecule has 1 fully saturated rings. The normalized spacial score (nSPS) is 20.0. The molecular weight excluding hydrogens is 318 g/mol. The molecule has 1 saturated carbocycles. The third-order valence-corrected chi connectivity index (χ3v) is 4.05. The van der Waals surface area contributed by atoms with Crippen LogP contribution in [0.25, 0.3) is 0 Å². The van der Waals surface area contributed by atoms with Gasteiger partial charge in [0.15, 0.2) is 5.75 Å². The molecule has 0 radical (unpaired) electrons. The molecule has 130 valence electrons. The Hall–Kier alpha value is -2.84. The minimum absolute atomic E-state index is 0.103. The van der Waals surface area contributed by atoms with Gasteiger partial charge in [-0.3, -0.25) is 14.9 Å². The van der Waals surface area contributed by atoms with Crippen molar-refractivity contribution in [2.24, 2.45) is 5.92 Å². The molecule has 2 rings (SSSR count). The summed E-state index contributed by atoms with van der Waals surface area (Å²) in [5, 5.41) is 25.2. The summed E-state index contributed by atoms with van der Waals surface area (Å²) in [6.45, 7) is 0. The van der Waals surface area contributed by atoms with E-state index in [2.05, 4.69) is 10.6 Å². The maximum Gasteiger partial charge on any atom is 0.319 e. The molecule has 0 heterocycles. The van der Waals surface area contributed by atoms with E-state index in [0.717, 1.165) is 0 Å². The minimum Gasteiger partial charge on any atom is -0.490 e. The maximum absolute atomic E-state index is 12.0. The number of carbonyl (C=O) groups excluding carboxylic acids is 1. The van der Waals surface area contributed by atoms with Crippen LogP contribution in [-0.4, -0.2) is 35.2 Å². The summed E-state index contributed by atoms with van der Waals surface area (Å²) >= 11 is 0. The number of nitrogens with zero attached hydrogens (tertiary/aromatic N) is 1. The summed E-state index contributed by atoms with van der Waals surface area (Å²) in [5.74, 6) is -1.04. The van der Waals surface area contributed by atoms with Crippen LogP contribution in [0.2, 0.25) is 0 Å². The molecule has 0 aromatic heterocycles. The molecule has 9 heteroatoms. The smallest absolute Gasteiger partial charge is 0.319 e. The van der Waals surface area contributed by atoms with E-state index in [-0.39, 0.29) is 29.1 Å². The lowest BCUT2D eigenvalue weighted by molar-refractivity contribution is -0.385. The van der Waals surface area contributed by atoms with Crippen molar-refractivity contribution >= 4 is 23.4 Å². The van der Waals surface area contributed by atoms with Gasteiger partial charge in [-0.05, 0) is 37.8 Å². The molecule has 1 aromatic rings. The molecule has 1 aliphatic rings. The Morgan fingerprint density at radius 3 is 2.50 bits per heavy atom. The average molecular weight is 337 g/mol. The van der Waals surface area contributed by atoms with Crippen molar-refractivity contribution in [3.05, 3.63) is 28.3 Å². The Morgan fingerprint density at radius 1 is 1.29 bits per heavy atom. The van der Waals surface area contributed by atoms with Crippen LogP contribution in [0.4, 0.5) is 16.2 Å². The lowest BCUT2D eigenvalue weighted by atomic mass is 9.86. The van der Waals surface area contributed by atoms with E-state index in [4.69, 9.17) is 9.84 Å². The molecule has 9 nitrogen and oxygen atoms in total. The fourth-order valence-electron chi connectivity index (χ4n) is 2.75. The fraction of sp³-hybridized carbons (Fsp3) is 0.467. The summed E-state index contributed by atoms with van der Waals surface area (Å²) in [5.41, 5.74) is 0.0384. The van der Waals surface area contributed by atoms with Gasteiger partial charge in [0.1, 0.15) is 0 Å². The molecule has 0 saturated heterocycles. The standard InChI is InChI=1S/C15H19N3O6/c1-24-13-7-6-11(8-12(13)18(22)23)17-15(21)16-10-4-2-9(3-5-10)14(19)20/h6-10H,2-5H2,1H3,(H,19,20)(H2,16,17,21). The van der Waals surface area contributed by atoms with Gasteiger partial charge in [-0.2, -0.15) is 0 Å². The Bertz CT molecular complexity index is 640. The second-order valence-electron chi connectivity index (χ2n) is 5.63. The number of ether oxygens (including phenoxy) is 1. The number of carboxylic acid groups (broad SMARTS) is 1. The van der Waals surface area contributed by atoms with Gasteiger partial charge in [0.05, 0.1) is 18.0 Å². The number of anilines is 1. The topological polar surface area (TPSA) is 131 Å². The summed E-state index contributed by atoms with van der Waals surface area (Å²) in [6, 6.07) is 3.56. The number of benzene rings is 1. The van der Waals surface area contributed by atoms with Crippen molar-refractivity contribution in [3.8, 4) is 5.75 Å². The zero-order chi connectivity index (χ0) is 17.7. The lowest BCUT2D eigenvalue weighted by Gasteiger charge is -2.26. The minimum atomic E-state index is -0.802. The van der Waals surface area contributed by atoms with Gasteiger partial charge < -0.3 is 20.5 Å². The van der Waals surface area contributed by atoms with Crippen molar-refractivity contribution < 1.29 is 24.4 Å². The molecule has 0 bridgehead atoms. The molecule has 0 unspecified atom stereocenters. The number of hydrogen-bond acceptors (Lipinski definition) is 5. The van der Waals surface area contributed by atoms with Crippen molar-refractivity contribution in [1.29, 1.82) is 0 Å². The van der Waals surface area contributed by atoms with Crippen LogP contribution < -0.4 is 15.4 Å². The molecule has 0 spiro atoms. The second kappa shape index (κ2) is 7.62. The first-order valence-electron chi connectivity index (χ1n) is 7.53. The van der Waals surface area contributed by atoms with E-state index in [0.29, 0.717) is 25.7 Å². The highest BCUT2D eigenvalue weighted by Gasteiger charge is 2.26. The molecule has 0 atom stereocenters. The SMILES string of the molecule is COc1ccc(NC(=O)NC2CCC(C(=O)O)CC2)cc1[N+](=O)[O-]. The predicted molar refractivity (Wildman–Crippen MR) is 85.2 cm³/mol. The maximum atomic E-state index is 12.0. The number of methoxy groups -OCH3 is 1. The molecule has 0 aliphatic heterocycles. The molecule has 1 aliphatic carbocycles. The first kappa shape index (κ1) is 17.5. The van der Waals surface area contributed by atoms with Gasteiger partial charge in [-0.1, -0.05) is 0 Å². The summed E-state index contributed by atoms with van der Waals surface area (Å²) in [4.78, 5) is 33.3. The zero-order valence-electron chi connectivity index (χ0n) is 13.2. The average Bonchev–Trinajstić information content (AvgIpc) is 2.55. The van der Waals surface area contributed by atoms with Gasteiger partial charge >= 0.3 is 17.7 Å². The van der Waals surface area contributed by atoms with Gasteiger partial charge in [-0.15, -0.1) is 0 Å². The Labute approximate surface area is 138 Å². The number of carbonyl (C=O) groups is 2. The summed E-state index contributed by atoms with van der Waals surface area (Å²) in [7, 11) is 1.33. The number of nitro benzene ring substituents is 1. The van der Waals surface area contributed by atoms with Crippen molar-refractivity contribution in [3.63, 3.8) is 0 Å². The Morgan fingerprint density at radius 2 is 1.96 bits per heavy atom. The number of hydrogen-bond donors (Lipinski definition) is 3. The van der Waals surface area contributed by atoms with Gasteiger partial charge in [0, 0.05) is 17.8 Å². The van der Waals surface area contributed by atoms with E-state index >= 15 is 0 Å². The van der Waals surface area contributed by atoms with E-state index in [1.54, 1.807) is 0 Å². The Kier molecular flexibility index (Phi) is 5.56. The fourth-order valence-corrected chi connectivity index (χ4v) is 2.75. The van der Waals surface area contributed by atoms with E-state index in [9.17, 15) is 19.7 Å². The predicted octanol–water partition coefficient (Wildman–Crippen LogP) is 2.37. The number of nitro groups is 1. The first-order chi connectivity index (χ1) is 11.4. The van der Waals surface area contributed by atoms with Crippen LogP contribution in [0.15, 0.2) is 18.2 Å². The van der Waals surface area contributed by atoms with Crippen molar-refractivity contribution in [2.75, 3.05) is 12.4 Å². The van der Waals surface area contributed by atoms with Crippen LogP contribution in [0.3, 0.4) is 0 Å². The highest BCUT2D eigenvalue weighted by molar-refractivity contribution is 5.90. The van der Waals surface area contributed by atoms with Crippen molar-refractivity contribution in [1.82, 2.24) is 5.32 Å². The van der Waals surface area contributed by atoms with Crippen LogP contribution >= 0.6 is 0 Å². The third-order valence-electron chi connectivity index (χ3n) is 4.05. The molecule has 3 N–H and O–H groups in total. The lowest BCUT2D eigenvalue weighted by Crippen LogP contribution is -2.40. The van der Waals surface area contributed by atoms with Crippen LogP contribution in [0.1, 0.15) is 25.7 Å². The van der Waals surface area contributed by atoms with E-state index < -0.39 is 16.9 Å². The van der Waals surface area contributed by atoms with Crippen LogP contribution in [0, 0.1) is 16.0 Å². The zero-order valence-corrected chi connectivity index (χ0v) is 13.2. The number of rotatable bonds is 5.